The number of thioether (sulfide) groups is 1. The second-order valence-corrected chi connectivity index (χ2v) is 6.63. The highest BCUT2D eigenvalue weighted by Gasteiger charge is 2.14. The van der Waals surface area contributed by atoms with Crippen LogP contribution in [0.4, 0.5) is 17.6 Å². The zero-order valence-electron chi connectivity index (χ0n) is 15.5. The van der Waals surface area contributed by atoms with Crippen LogP contribution in [0.25, 0.3) is 5.78 Å². The van der Waals surface area contributed by atoms with E-state index in [0.29, 0.717) is 35.9 Å². The molecule has 0 fully saturated rings. The predicted molar refractivity (Wildman–Crippen MR) is 107 cm³/mol. The molecule has 0 saturated heterocycles. The van der Waals surface area contributed by atoms with Crippen molar-refractivity contribution in [3.63, 3.8) is 0 Å². The fourth-order valence-corrected chi connectivity index (χ4v) is 2.99. The average molecular weight is 386 g/mol. The van der Waals surface area contributed by atoms with Crippen molar-refractivity contribution < 1.29 is 4.79 Å². The van der Waals surface area contributed by atoms with Crippen LogP contribution in [0.2, 0.25) is 0 Å². The Labute approximate surface area is 161 Å². The summed E-state index contributed by atoms with van der Waals surface area (Å²) in [6, 6.07) is 7.66. The van der Waals surface area contributed by atoms with Crippen molar-refractivity contribution in [2.75, 3.05) is 34.8 Å². The molecule has 0 bridgehead atoms. The van der Waals surface area contributed by atoms with Gasteiger partial charge in [-0.2, -0.15) is 19.5 Å². The van der Waals surface area contributed by atoms with Crippen LogP contribution in [0, 0.1) is 6.92 Å². The van der Waals surface area contributed by atoms with Gasteiger partial charge in [0, 0.05) is 18.8 Å². The number of rotatable bonds is 8. The maximum absolute atomic E-state index is 12.2. The first-order chi connectivity index (χ1) is 13.1. The van der Waals surface area contributed by atoms with E-state index in [2.05, 4.69) is 36.0 Å². The van der Waals surface area contributed by atoms with Crippen LogP contribution in [0.1, 0.15) is 19.4 Å². The average Bonchev–Trinajstić information content (AvgIpc) is 3.06. The summed E-state index contributed by atoms with van der Waals surface area (Å²) >= 11 is 1.25. The number of carbonyl (C=O) groups excluding carboxylic acids is 1. The van der Waals surface area contributed by atoms with E-state index >= 15 is 0 Å². The Balaban J connectivity index is 1.72. The molecule has 0 aliphatic carbocycles. The van der Waals surface area contributed by atoms with Gasteiger partial charge in [-0.15, -0.1) is 5.10 Å². The molecule has 0 atom stereocenters. The molecular formula is C17H22N8OS. The van der Waals surface area contributed by atoms with E-state index < -0.39 is 0 Å². The zero-order valence-corrected chi connectivity index (χ0v) is 16.3. The normalized spacial score (nSPS) is 10.8. The Hall–Kier alpha value is -2.88. The smallest absolute Gasteiger partial charge is 0.259 e. The SMILES string of the molecule is CCNc1nc(NCC)n2nc(SCC(=O)Nc3ccccc3C)nc2n1. The number of benzene rings is 1. The minimum atomic E-state index is -0.112. The Morgan fingerprint density at radius 2 is 1.89 bits per heavy atom. The van der Waals surface area contributed by atoms with Crippen LogP contribution >= 0.6 is 11.8 Å². The monoisotopic (exact) mass is 386 g/mol. The van der Waals surface area contributed by atoms with Crippen molar-refractivity contribution in [1.82, 2.24) is 24.6 Å². The van der Waals surface area contributed by atoms with Crippen molar-refractivity contribution in [2.45, 2.75) is 25.9 Å². The number of amides is 1. The Kier molecular flexibility index (Phi) is 6.07. The summed E-state index contributed by atoms with van der Waals surface area (Å²) < 4.78 is 1.55. The lowest BCUT2D eigenvalue weighted by Gasteiger charge is -2.07. The van der Waals surface area contributed by atoms with E-state index in [1.54, 1.807) is 4.52 Å². The van der Waals surface area contributed by atoms with E-state index in [0.717, 1.165) is 11.3 Å². The van der Waals surface area contributed by atoms with Crippen LogP contribution in [0.15, 0.2) is 29.4 Å². The molecule has 0 saturated carbocycles. The zero-order chi connectivity index (χ0) is 19.2. The fraction of sp³-hybridized carbons (Fsp3) is 0.353. The van der Waals surface area contributed by atoms with E-state index in [1.807, 2.05) is 45.0 Å². The number of aryl methyl sites for hydroxylation is 1. The summed E-state index contributed by atoms with van der Waals surface area (Å²) in [6.07, 6.45) is 0. The Morgan fingerprint density at radius 3 is 2.63 bits per heavy atom. The highest BCUT2D eigenvalue weighted by Crippen LogP contribution is 2.18. The second kappa shape index (κ2) is 8.67. The van der Waals surface area contributed by atoms with Gasteiger partial charge in [0.1, 0.15) is 0 Å². The Morgan fingerprint density at radius 1 is 1.11 bits per heavy atom. The lowest BCUT2D eigenvalue weighted by Crippen LogP contribution is -2.14. The number of fused-ring (bicyclic) bond motifs is 1. The third kappa shape index (κ3) is 4.64. The lowest BCUT2D eigenvalue weighted by atomic mass is 10.2. The minimum absolute atomic E-state index is 0.112. The molecule has 9 nitrogen and oxygen atoms in total. The first-order valence-electron chi connectivity index (χ1n) is 8.71. The molecule has 0 radical (unpaired) electrons. The summed E-state index contributed by atoms with van der Waals surface area (Å²) in [5.74, 6) is 1.57. The first-order valence-corrected chi connectivity index (χ1v) is 9.70. The number of nitrogens with zero attached hydrogens (tertiary/aromatic N) is 5. The van der Waals surface area contributed by atoms with Crippen molar-refractivity contribution in [3.8, 4) is 0 Å². The fourth-order valence-electron chi connectivity index (χ4n) is 2.37. The van der Waals surface area contributed by atoms with Crippen molar-refractivity contribution in [2.24, 2.45) is 0 Å². The number of carbonyl (C=O) groups is 1. The van der Waals surface area contributed by atoms with Gasteiger partial charge in [-0.1, -0.05) is 30.0 Å². The van der Waals surface area contributed by atoms with Crippen molar-refractivity contribution >= 4 is 41.0 Å². The molecule has 0 unspecified atom stereocenters. The van der Waals surface area contributed by atoms with Gasteiger partial charge < -0.3 is 16.0 Å². The molecule has 10 heteroatoms. The number of anilines is 3. The number of hydrogen-bond acceptors (Lipinski definition) is 8. The highest BCUT2D eigenvalue weighted by atomic mass is 32.2. The molecule has 3 rings (SSSR count). The van der Waals surface area contributed by atoms with Gasteiger partial charge in [-0.05, 0) is 32.4 Å². The topological polar surface area (TPSA) is 109 Å². The quantitative estimate of drug-likeness (QED) is 0.507. The van der Waals surface area contributed by atoms with Crippen molar-refractivity contribution in [1.29, 1.82) is 0 Å². The van der Waals surface area contributed by atoms with Crippen LogP contribution in [0.5, 0.6) is 0 Å². The van der Waals surface area contributed by atoms with E-state index in [-0.39, 0.29) is 11.7 Å². The first kappa shape index (κ1) is 18.9. The second-order valence-electron chi connectivity index (χ2n) is 5.69. The molecule has 27 heavy (non-hydrogen) atoms. The molecule has 1 aromatic carbocycles. The highest BCUT2D eigenvalue weighted by molar-refractivity contribution is 7.99. The molecule has 3 N–H and O–H groups in total. The maximum atomic E-state index is 12.2. The minimum Gasteiger partial charge on any atom is -0.354 e. The van der Waals surface area contributed by atoms with Crippen LogP contribution < -0.4 is 16.0 Å². The van der Waals surface area contributed by atoms with Gasteiger partial charge in [-0.3, -0.25) is 4.79 Å². The largest absolute Gasteiger partial charge is 0.354 e. The molecule has 0 aliphatic rings. The molecule has 0 spiro atoms. The number of para-hydroxylation sites is 1. The molecule has 142 valence electrons. The molecule has 3 aromatic rings. The van der Waals surface area contributed by atoms with E-state index in [1.165, 1.54) is 11.8 Å². The van der Waals surface area contributed by atoms with E-state index in [9.17, 15) is 4.79 Å². The summed E-state index contributed by atoms with van der Waals surface area (Å²) in [4.78, 5) is 25.4. The van der Waals surface area contributed by atoms with Gasteiger partial charge in [0.15, 0.2) is 0 Å². The van der Waals surface area contributed by atoms with Gasteiger partial charge in [-0.25, -0.2) is 0 Å². The lowest BCUT2D eigenvalue weighted by molar-refractivity contribution is -0.113. The van der Waals surface area contributed by atoms with Crippen LogP contribution in [0.3, 0.4) is 0 Å². The predicted octanol–water partition coefficient (Wildman–Crippen LogP) is 2.42. The molecule has 2 heterocycles. The number of nitrogens with one attached hydrogen (secondary N) is 3. The van der Waals surface area contributed by atoms with Gasteiger partial charge in [0.05, 0.1) is 5.75 Å². The van der Waals surface area contributed by atoms with Gasteiger partial charge in [0.25, 0.3) is 5.78 Å². The molecule has 2 aromatic heterocycles. The summed E-state index contributed by atoms with van der Waals surface area (Å²) in [5, 5.41) is 14.0. The summed E-state index contributed by atoms with van der Waals surface area (Å²) in [6.45, 7) is 7.30. The third-order valence-electron chi connectivity index (χ3n) is 3.61. The van der Waals surface area contributed by atoms with Crippen molar-refractivity contribution in [3.05, 3.63) is 29.8 Å². The van der Waals surface area contributed by atoms with Gasteiger partial charge in [0.2, 0.25) is 23.0 Å². The standard InChI is InChI=1S/C17H22N8OS/c1-4-18-14-21-15(19-5-2)25-16(22-14)23-17(24-25)27-10-13(26)20-12-9-7-6-8-11(12)3/h6-9H,4-5,10H2,1-3H3,(H,20,26)(H2,18,19,21,22,23,24). The maximum Gasteiger partial charge on any atom is 0.259 e. The summed E-state index contributed by atoms with van der Waals surface area (Å²) in [7, 11) is 0. The third-order valence-corrected chi connectivity index (χ3v) is 4.45. The van der Waals surface area contributed by atoms with Crippen LogP contribution in [-0.4, -0.2) is 49.3 Å². The van der Waals surface area contributed by atoms with E-state index in [4.69, 9.17) is 0 Å². The summed E-state index contributed by atoms with van der Waals surface area (Å²) in [5.41, 5.74) is 1.82. The number of hydrogen-bond donors (Lipinski definition) is 3. The van der Waals surface area contributed by atoms with Gasteiger partial charge >= 0.3 is 0 Å². The van der Waals surface area contributed by atoms with Crippen LogP contribution in [-0.2, 0) is 4.79 Å². The molecule has 1 amide bonds. The molecular weight excluding hydrogens is 364 g/mol. The number of aromatic nitrogens is 5. The molecule has 0 aliphatic heterocycles. The Bertz CT molecular complexity index is 942.